The molecule has 0 aromatic heterocycles. The van der Waals surface area contributed by atoms with Crippen LogP contribution in [-0.2, 0) is 19.1 Å². The number of β-amino-alcohol motifs (C(OH)–C–C–N with tert-alkyl or cyclic N) is 1. The number of carbonyl (C=O) groups is 2. The Hall–Kier alpha value is -1.34. The van der Waals surface area contributed by atoms with Crippen LogP contribution in [0.4, 0.5) is 0 Å². The van der Waals surface area contributed by atoms with Gasteiger partial charge >= 0.3 is 0 Å². The van der Waals surface area contributed by atoms with Gasteiger partial charge in [-0.05, 0) is 75.8 Å². The number of piperidine rings is 3. The first kappa shape index (κ1) is 33.0. The number of hydrogen-bond donors (Lipinski definition) is 5. The quantitative estimate of drug-likeness (QED) is 0.231. The normalized spacial score (nSPS) is 35.1. The van der Waals surface area contributed by atoms with Crippen molar-refractivity contribution in [1.29, 1.82) is 0 Å². The van der Waals surface area contributed by atoms with Crippen LogP contribution in [0.25, 0.3) is 0 Å². The van der Waals surface area contributed by atoms with Crippen molar-refractivity contribution in [2.75, 3.05) is 65.7 Å². The number of carbonyl (C=O) groups excluding carboxylic acids is 2. The molecule has 7 unspecified atom stereocenters. The number of nitrogens with zero attached hydrogens (tertiary/aromatic N) is 2. The van der Waals surface area contributed by atoms with Gasteiger partial charge in [-0.25, -0.2) is 0 Å². The lowest BCUT2D eigenvalue weighted by Crippen LogP contribution is -2.56. The van der Waals surface area contributed by atoms with Gasteiger partial charge in [0.05, 0.1) is 37.8 Å². The van der Waals surface area contributed by atoms with Crippen LogP contribution in [0.15, 0.2) is 0 Å². The van der Waals surface area contributed by atoms with Gasteiger partial charge in [-0.1, -0.05) is 20.8 Å². The molecular weight excluding hydrogens is 548 g/mol. The summed E-state index contributed by atoms with van der Waals surface area (Å²) in [6, 6.07) is 0.358. The summed E-state index contributed by atoms with van der Waals surface area (Å²) in [5.41, 5.74) is 0. The van der Waals surface area contributed by atoms with Gasteiger partial charge in [-0.3, -0.25) is 20.2 Å². The predicted octanol–water partition coefficient (Wildman–Crippen LogP) is 0.725. The molecule has 2 amide bonds. The van der Waals surface area contributed by atoms with Crippen LogP contribution in [0.2, 0.25) is 0 Å². The highest BCUT2D eigenvalue weighted by Gasteiger charge is 2.41. The van der Waals surface area contributed by atoms with Crippen molar-refractivity contribution in [3.05, 3.63) is 0 Å². The van der Waals surface area contributed by atoms with Crippen molar-refractivity contribution >= 4 is 11.8 Å². The molecular formula is C32H58N6O5. The standard InChI is InChI=1S/C32H58N6O5/c1-21(2)32(41)38-12-7-25(8-13-38)36-30-14-23(6-10-34-30)31(40)35-15-26(39)18-37-11-9-28-22(3)29(5-4-24(28)17-37)42-19-27-16-33-20-43-27/h21-30,33-34,36,39H,4-20H2,1-3H3,(H,35,40)/t22?,23?,24?,26-,27?,28?,29?,30?/m0/s1. The molecule has 5 fully saturated rings. The Morgan fingerprint density at radius 3 is 2.65 bits per heavy atom. The average Bonchev–Trinajstić information content (AvgIpc) is 3.53. The average molecular weight is 607 g/mol. The highest BCUT2D eigenvalue weighted by Crippen LogP contribution is 2.41. The zero-order chi connectivity index (χ0) is 30.3. The van der Waals surface area contributed by atoms with Crippen molar-refractivity contribution in [3.63, 3.8) is 0 Å². The SMILES string of the molecule is CC(C)C(=O)N1CCC(NC2CC(C(=O)NC[C@H](O)CN3CCC4C(CCC(OCC5CNCO5)C4C)C3)CCN2)CC1. The summed E-state index contributed by atoms with van der Waals surface area (Å²) in [5.74, 6) is 2.15. The Kier molecular flexibility index (Phi) is 12.1. The largest absolute Gasteiger partial charge is 0.390 e. The minimum atomic E-state index is -0.563. The monoisotopic (exact) mass is 606 g/mol. The summed E-state index contributed by atoms with van der Waals surface area (Å²) in [6.07, 6.45) is 6.89. The van der Waals surface area contributed by atoms with Crippen LogP contribution in [-0.4, -0.2) is 123 Å². The van der Waals surface area contributed by atoms with E-state index in [0.717, 1.165) is 77.8 Å². The summed E-state index contributed by atoms with van der Waals surface area (Å²) in [5, 5.41) is 24.3. The van der Waals surface area contributed by atoms with E-state index in [1.54, 1.807) is 0 Å². The minimum absolute atomic E-state index is 0.0456. The van der Waals surface area contributed by atoms with Gasteiger partial charge in [0.25, 0.3) is 0 Å². The first-order valence-corrected chi connectivity index (χ1v) is 17.2. The lowest BCUT2D eigenvalue weighted by atomic mass is 9.68. The number of nitrogens with one attached hydrogen (secondary N) is 4. The minimum Gasteiger partial charge on any atom is -0.390 e. The lowest BCUT2D eigenvalue weighted by Gasteiger charge is -2.47. The number of aliphatic hydroxyl groups is 1. The number of fused-ring (bicyclic) bond motifs is 1. The molecule has 5 N–H and O–H groups in total. The Labute approximate surface area is 258 Å². The number of hydrogen-bond acceptors (Lipinski definition) is 9. The van der Waals surface area contributed by atoms with Gasteiger partial charge in [0.15, 0.2) is 0 Å². The molecule has 0 aromatic rings. The Bertz CT molecular complexity index is 895. The fraction of sp³-hybridized carbons (Fsp3) is 0.938. The van der Waals surface area contributed by atoms with E-state index in [9.17, 15) is 14.7 Å². The maximum absolute atomic E-state index is 13.0. The third-order valence-corrected chi connectivity index (χ3v) is 10.7. The molecule has 5 aliphatic rings. The smallest absolute Gasteiger partial charge is 0.225 e. The second-order valence-corrected chi connectivity index (χ2v) is 14.2. The summed E-state index contributed by atoms with van der Waals surface area (Å²) in [4.78, 5) is 29.7. The first-order chi connectivity index (χ1) is 20.8. The van der Waals surface area contributed by atoms with Crippen molar-refractivity contribution < 1.29 is 24.2 Å². The molecule has 8 atom stereocenters. The van der Waals surface area contributed by atoms with E-state index in [-0.39, 0.29) is 35.9 Å². The second-order valence-electron chi connectivity index (χ2n) is 14.2. The number of rotatable bonds is 11. The maximum Gasteiger partial charge on any atom is 0.225 e. The van der Waals surface area contributed by atoms with E-state index in [4.69, 9.17) is 9.47 Å². The van der Waals surface area contributed by atoms with Gasteiger partial charge in [-0.15, -0.1) is 0 Å². The topological polar surface area (TPSA) is 127 Å². The third-order valence-electron chi connectivity index (χ3n) is 10.7. The number of ether oxygens (including phenoxy) is 2. The molecule has 0 radical (unpaired) electrons. The molecule has 0 spiro atoms. The van der Waals surface area contributed by atoms with Crippen molar-refractivity contribution in [2.24, 2.45) is 29.6 Å². The number of amides is 2. The molecule has 4 aliphatic heterocycles. The summed E-state index contributed by atoms with van der Waals surface area (Å²) < 4.78 is 12.0. The van der Waals surface area contributed by atoms with Gasteiger partial charge in [0.1, 0.15) is 0 Å². The van der Waals surface area contributed by atoms with E-state index in [2.05, 4.69) is 33.1 Å². The van der Waals surface area contributed by atoms with E-state index >= 15 is 0 Å². The predicted molar refractivity (Wildman–Crippen MR) is 165 cm³/mol. The van der Waals surface area contributed by atoms with E-state index < -0.39 is 6.10 Å². The Balaban J connectivity index is 0.971. The molecule has 246 valence electrons. The van der Waals surface area contributed by atoms with E-state index in [0.29, 0.717) is 56.3 Å². The van der Waals surface area contributed by atoms with Gasteiger partial charge < -0.3 is 35.0 Å². The lowest BCUT2D eigenvalue weighted by molar-refractivity contribution is -0.135. The fourth-order valence-corrected chi connectivity index (χ4v) is 8.16. The van der Waals surface area contributed by atoms with E-state index in [1.807, 2.05) is 18.7 Å². The molecule has 0 bridgehead atoms. The molecule has 4 saturated heterocycles. The fourth-order valence-electron chi connectivity index (χ4n) is 8.16. The van der Waals surface area contributed by atoms with Crippen LogP contribution in [0.3, 0.4) is 0 Å². The highest BCUT2D eigenvalue weighted by molar-refractivity contribution is 5.79. The molecule has 0 aromatic carbocycles. The summed E-state index contributed by atoms with van der Waals surface area (Å²) >= 11 is 0. The third kappa shape index (κ3) is 9.11. The molecule has 1 aliphatic carbocycles. The maximum atomic E-state index is 13.0. The molecule has 4 heterocycles. The molecule has 1 saturated carbocycles. The summed E-state index contributed by atoms with van der Waals surface area (Å²) in [6.45, 7) is 13.8. The van der Waals surface area contributed by atoms with Crippen LogP contribution < -0.4 is 21.3 Å². The van der Waals surface area contributed by atoms with Crippen LogP contribution >= 0.6 is 0 Å². The second kappa shape index (κ2) is 15.8. The molecule has 11 heteroatoms. The zero-order valence-electron chi connectivity index (χ0n) is 26.8. The molecule has 11 nitrogen and oxygen atoms in total. The van der Waals surface area contributed by atoms with Gasteiger partial charge in [0.2, 0.25) is 11.8 Å². The van der Waals surface area contributed by atoms with Crippen molar-refractivity contribution in [1.82, 2.24) is 31.1 Å². The zero-order valence-corrected chi connectivity index (χ0v) is 26.8. The number of aliphatic hydroxyl groups excluding tert-OH is 1. The van der Waals surface area contributed by atoms with Crippen LogP contribution in [0.5, 0.6) is 0 Å². The first-order valence-electron chi connectivity index (χ1n) is 17.2. The Morgan fingerprint density at radius 1 is 1.09 bits per heavy atom. The van der Waals surface area contributed by atoms with Crippen molar-refractivity contribution in [3.8, 4) is 0 Å². The molecule has 5 rings (SSSR count). The van der Waals surface area contributed by atoms with Gasteiger partial charge in [0, 0.05) is 57.1 Å². The highest BCUT2D eigenvalue weighted by atomic mass is 16.5. The van der Waals surface area contributed by atoms with Crippen LogP contribution in [0.1, 0.15) is 65.7 Å². The molecule has 43 heavy (non-hydrogen) atoms. The van der Waals surface area contributed by atoms with Crippen LogP contribution in [0, 0.1) is 29.6 Å². The Morgan fingerprint density at radius 2 is 1.91 bits per heavy atom. The van der Waals surface area contributed by atoms with E-state index in [1.165, 1.54) is 6.42 Å². The number of likely N-dealkylation sites (tertiary alicyclic amines) is 2. The van der Waals surface area contributed by atoms with Crippen molar-refractivity contribution in [2.45, 2.75) is 96.2 Å². The van der Waals surface area contributed by atoms with Gasteiger partial charge in [-0.2, -0.15) is 0 Å². The summed E-state index contributed by atoms with van der Waals surface area (Å²) in [7, 11) is 0.